The second kappa shape index (κ2) is 4.68. The molecule has 0 aromatic carbocycles. The number of allylic oxidation sites excluding steroid dienone is 2. The maximum absolute atomic E-state index is 2.49. The van der Waals surface area contributed by atoms with Crippen molar-refractivity contribution < 1.29 is 0 Å². The summed E-state index contributed by atoms with van der Waals surface area (Å²) in [7, 11) is 0. The van der Waals surface area contributed by atoms with E-state index < -0.39 is 0 Å². The van der Waals surface area contributed by atoms with E-state index in [1.165, 1.54) is 19.3 Å². The molecule has 0 fully saturated rings. The third-order valence-electron chi connectivity index (χ3n) is 3.60. The summed E-state index contributed by atoms with van der Waals surface area (Å²) in [4.78, 5) is 2.49. The first-order valence-electron chi connectivity index (χ1n) is 5.89. The lowest BCUT2D eigenvalue weighted by Gasteiger charge is -2.46. The molecular formula is C13H23N. The molecule has 1 rings (SSSR count). The van der Waals surface area contributed by atoms with Crippen LogP contribution in [0.1, 0.15) is 47.0 Å². The maximum Gasteiger partial charge on any atom is 0.0605 e. The standard InChI is InChI=1S/C13H23N/c1-5-12-10-9-11-14(8-4)13(12,6-2)7-3/h9-11H,5-8H2,1-4H3. The first kappa shape index (κ1) is 11.4. The number of likely N-dealkylation sites (N-methyl/N-ethyl adjacent to an activating group) is 1. The van der Waals surface area contributed by atoms with Crippen LogP contribution in [-0.4, -0.2) is 17.0 Å². The molecule has 0 aromatic rings. The molecule has 0 amide bonds. The Morgan fingerprint density at radius 2 is 1.79 bits per heavy atom. The zero-order valence-electron chi connectivity index (χ0n) is 10.0. The van der Waals surface area contributed by atoms with Crippen LogP contribution in [0.3, 0.4) is 0 Å². The SMILES string of the molecule is CCC1=CC=CN(CC)C1(CC)CC. The highest BCUT2D eigenvalue weighted by molar-refractivity contribution is 5.29. The molecule has 0 spiro atoms. The molecule has 0 saturated carbocycles. The molecule has 1 heteroatoms. The lowest BCUT2D eigenvalue weighted by atomic mass is 9.79. The average molecular weight is 193 g/mol. The number of hydrogen-bond donors (Lipinski definition) is 0. The fourth-order valence-electron chi connectivity index (χ4n) is 2.71. The Morgan fingerprint density at radius 1 is 1.14 bits per heavy atom. The molecule has 0 saturated heterocycles. The van der Waals surface area contributed by atoms with Crippen LogP contribution in [0, 0.1) is 0 Å². The topological polar surface area (TPSA) is 3.24 Å². The van der Waals surface area contributed by atoms with Crippen molar-refractivity contribution in [2.75, 3.05) is 6.54 Å². The Labute approximate surface area is 88.5 Å². The molecule has 80 valence electrons. The van der Waals surface area contributed by atoms with Crippen molar-refractivity contribution in [3.63, 3.8) is 0 Å². The lowest BCUT2D eigenvalue weighted by Crippen LogP contribution is -2.47. The van der Waals surface area contributed by atoms with Gasteiger partial charge in [0.15, 0.2) is 0 Å². The molecule has 0 atom stereocenters. The highest BCUT2D eigenvalue weighted by Gasteiger charge is 2.34. The van der Waals surface area contributed by atoms with E-state index in [1.54, 1.807) is 5.57 Å². The van der Waals surface area contributed by atoms with Gasteiger partial charge in [-0.3, -0.25) is 0 Å². The highest BCUT2D eigenvalue weighted by atomic mass is 15.2. The minimum absolute atomic E-state index is 0.304. The van der Waals surface area contributed by atoms with Gasteiger partial charge in [-0.25, -0.2) is 0 Å². The Hall–Kier alpha value is -0.720. The number of hydrogen-bond acceptors (Lipinski definition) is 1. The monoisotopic (exact) mass is 193 g/mol. The summed E-state index contributed by atoms with van der Waals surface area (Å²) in [6, 6.07) is 0. The summed E-state index contributed by atoms with van der Waals surface area (Å²) >= 11 is 0. The predicted octanol–water partition coefficient (Wildman–Crippen LogP) is 3.73. The quantitative estimate of drug-likeness (QED) is 0.657. The zero-order chi connectivity index (χ0) is 10.6. The van der Waals surface area contributed by atoms with Crippen molar-refractivity contribution >= 4 is 0 Å². The molecule has 0 N–H and O–H groups in total. The van der Waals surface area contributed by atoms with Gasteiger partial charge in [-0.05, 0) is 44.0 Å². The van der Waals surface area contributed by atoms with Crippen molar-refractivity contribution in [2.24, 2.45) is 0 Å². The molecule has 0 aliphatic carbocycles. The van der Waals surface area contributed by atoms with Gasteiger partial charge < -0.3 is 4.90 Å². The van der Waals surface area contributed by atoms with Gasteiger partial charge in [0.1, 0.15) is 0 Å². The van der Waals surface area contributed by atoms with Gasteiger partial charge in [0.2, 0.25) is 0 Å². The lowest BCUT2D eigenvalue weighted by molar-refractivity contribution is 0.171. The van der Waals surface area contributed by atoms with E-state index in [-0.39, 0.29) is 0 Å². The van der Waals surface area contributed by atoms with Crippen LogP contribution in [0.25, 0.3) is 0 Å². The fourth-order valence-corrected chi connectivity index (χ4v) is 2.71. The first-order chi connectivity index (χ1) is 6.75. The van der Waals surface area contributed by atoms with Gasteiger partial charge in [-0.1, -0.05) is 26.8 Å². The van der Waals surface area contributed by atoms with Crippen molar-refractivity contribution in [2.45, 2.75) is 52.5 Å². The molecular weight excluding hydrogens is 170 g/mol. The van der Waals surface area contributed by atoms with E-state index in [4.69, 9.17) is 0 Å². The smallest absolute Gasteiger partial charge is 0.0605 e. The van der Waals surface area contributed by atoms with Crippen LogP contribution in [0.2, 0.25) is 0 Å². The van der Waals surface area contributed by atoms with Gasteiger partial charge in [-0.15, -0.1) is 0 Å². The summed E-state index contributed by atoms with van der Waals surface area (Å²) in [5.41, 5.74) is 1.89. The van der Waals surface area contributed by atoms with Crippen LogP contribution in [0.15, 0.2) is 23.9 Å². The molecule has 0 aromatic heterocycles. The van der Waals surface area contributed by atoms with Crippen molar-refractivity contribution in [1.29, 1.82) is 0 Å². The van der Waals surface area contributed by atoms with Crippen LogP contribution >= 0.6 is 0 Å². The van der Waals surface area contributed by atoms with E-state index in [1.807, 2.05) is 0 Å². The predicted molar refractivity (Wildman–Crippen MR) is 63.2 cm³/mol. The van der Waals surface area contributed by atoms with Crippen molar-refractivity contribution in [3.8, 4) is 0 Å². The molecule has 14 heavy (non-hydrogen) atoms. The number of nitrogens with zero attached hydrogens (tertiary/aromatic N) is 1. The molecule has 1 heterocycles. The van der Waals surface area contributed by atoms with Crippen molar-refractivity contribution in [1.82, 2.24) is 4.90 Å². The Kier molecular flexibility index (Phi) is 3.79. The summed E-state index contributed by atoms with van der Waals surface area (Å²) in [6.07, 6.45) is 10.3. The summed E-state index contributed by atoms with van der Waals surface area (Å²) in [5, 5.41) is 0. The largest absolute Gasteiger partial charge is 0.368 e. The van der Waals surface area contributed by atoms with E-state index in [0.717, 1.165) is 6.54 Å². The molecule has 0 radical (unpaired) electrons. The van der Waals surface area contributed by atoms with Crippen LogP contribution in [0.4, 0.5) is 0 Å². The second-order valence-electron chi connectivity index (χ2n) is 3.91. The summed E-state index contributed by atoms with van der Waals surface area (Å²) in [6.45, 7) is 10.2. The third-order valence-corrected chi connectivity index (χ3v) is 3.60. The van der Waals surface area contributed by atoms with Gasteiger partial charge >= 0.3 is 0 Å². The average Bonchev–Trinajstić information content (AvgIpc) is 2.27. The zero-order valence-corrected chi connectivity index (χ0v) is 10.0. The van der Waals surface area contributed by atoms with Gasteiger partial charge in [0, 0.05) is 6.54 Å². The second-order valence-corrected chi connectivity index (χ2v) is 3.91. The van der Waals surface area contributed by atoms with Gasteiger partial charge in [0.05, 0.1) is 5.54 Å². The van der Waals surface area contributed by atoms with Crippen LogP contribution in [0.5, 0.6) is 0 Å². The normalized spacial score (nSPS) is 19.7. The fraction of sp³-hybridized carbons (Fsp3) is 0.692. The van der Waals surface area contributed by atoms with Crippen molar-refractivity contribution in [3.05, 3.63) is 23.9 Å². The van der Waals surface area contributed by atoms with E-state index in [2.05, 4.69) is 50.9 Å². The Bertz CT molecular complexity index is 234. The van der Waals surface area contributed by atoms with Crippen LogP contribution in [-0.2, 0) is 0 Å². The molecule has 0 unspecified atom stereocenters. The first-order valence-corrected chi connectivity index (χ1v) is 5.89. The van der Waals surface area contributed by atoms with E-state index >= 15 is 0 Å². The highest BCUT2D eigenvalue weighted by Crippen LogP contribution is 2.36. The minimum atomic E-state index is 0.304. The summed E-state index contributed by atoms with van der Waals surface area (Å²) < 4.78 is 0. The molecule has 1 aliphatic heterocycles. The van der Waals surface area contributed by atoms with Gasteiger partial charge in [0.25, 0.3) is 0 Å². The number of rotatable bonds is 4. The summed E-state index contributed by atoms with van der Waals surface area (Å²) in [5.74, 6) is 0. The third kappa shape index (κ3) is 1.60. The Balaban J connectivity index is 3.04. The minimum Gasteiger partial charge on any atom is -0.368 e. The van der Waals surface area contributed by atoms with Gasteiger partial charge in [-0.2, -0.15) is 0 Å². The van der Waals surface area contributed by atoms with Crippen LogP contribution < -0.4 is 0 Å². The Morgan fingerprint density at radius 3 is 2.21 bits per heavy atom. The van der Waals surface area contributed by atoms with E-state index in [0.29, 0.717) is 5.54 Å². The van der Waals surface area contributed by atoms with E-state index in [9.17, 15) is 0 Å². The maximum atomic E-state index is 2.49. The molecule has 0 bridgehead atoms. The molecule has 1 aliphatic rings. The molecule has 1 nitrogen and oxygen atoms in total.